The molecule has 1 saturated heterocycles. The van der Waals surface area contributed by atoms with Crippen LogP contribution in [0.3, 0.4) is 0 Å². The summed E-state index contributed by atoms with van der Waals surface area (Å²) in [6.07, 6.45) is 2.09. The highest BCUT2D eigenvalue weighted by Gasteiger charge is 2.24. The fourth-order valence-corrected chi connectivity index (χ4v) is 3.11. The summed E-state index contributed by atoms with van der Waals surface area (Å²) in [4.78, 5) is 26.2. The van der Waals surface area contributed by atoms with E-state index in [9.17, 15) is 9.59 Å². The lowest BCUT2D eigenvalue weighted by molar-refractivity contribution is -0.128. The van der Waals surface area contributed by atoms with E-state index in [2.05, 4.69) is 31.5 Å². The normalized spacial score (nSPS) is 16.7. The van der Waals surface area contributed by atoms with E-state index in [1.807, 2.05) is 31.2 Å². The smallest absolute Gasteiger partial charge is 0.260 e. The average Bonchev–Trinajstić information content (AvgIpc) is 2.63. The second kappa shape index (κ2) is 10.5. The first kappa shape index (κ1) is 20.7. The molecule has 0 saturated carbocycles. The van der Waals surface area contributed by atoms with Crippen molar-refractivity contribution in [3.63, 3.8) is 0 Å². The molecule has 7 heteroatoms. The fraction of sp³-hybridized carbons (Fsp3) is 0.579. The van der Waals surface area contributed by atoms with Gasteiger partial charge in [0.05, 0.1) is 6.54 Å². The second-order valence-corrected chi connectivity index (χ2v) is 7.54. The Morgan fingerprint density at radius 1 is 1.27 bits per heavy atom. The lowest BCUT2D eigenvalue weighted by Gasteiger charge is -2.32. The SMILES string of the molecule is CCCNC(=O)CN1CCC(NC(=O)C(C)Oc2ccc(Br)cc2)CC1. The van der Waals surface area contributed by atoms with Gasteiger partial charge in [0.15, 0.2) is 6.10 Å². The van der Waals surface area contributed by atoms with Crippen LogP contribution in [0.25, 0.3) is 0 Å². The zero-order valence-corrected chi connectivity index (χ0v) is 17.0. The fourth-order valence-electron chi connectivity index (χ4n) is 2.85. The molecule has 1 heterocycles. The molecule has 6 nitrogen and oxygen atoms in total. The molecule has 0 bridgehead atoms. The molecule has 1 atom stereocenters. The third-order valence-electron chi connectivity index (χ3n) is 4.37. The van der Waals surface area contributed by atoms with Crippen LogP contribution >= 0.6 is 15.9 Å². The number of carbonyl (C=O) groups excluding carboxylic acids is 2. The molecule has 2 rings (SSSR count). The first-order valence-corrected chi connectivity index (χ1v) is 9.99. The van der Waals surface area contributed by atoms with Gasteiger partial charge in [-0.1, -0.05) is 22.9 Å². The quantitative estimate of drug-likeness (QED) is 0.670. The Balaban J connectivity index is 1.70. The van der Waals surface area contributed by atoms with Crippen LogP contribution in [0, 0.1) is 0 Å². The molecule has 1 fully saturated rings. The predicted octanol–water partition coefficient (Wildman–Crippen LogP) is 2.32. The van der Waals surface area contributed by atoms with Crippen molar-refractivity contribution >= 4 is 27.7 Å². The molecule has 2 amide bonds. The number of piperidine rings is 1. The van der Waals surface area contributed by atoms with Crippen molar-refractivity contribution in [3.8, 4) is 5.75 Å². The molecule has 144 valence electrons. The minimum Gasteiger partial charge on any atom is -0.481 e. The first-order valence-electron chi connectivity index (χ1n) is 9.19. The number of nitrogens with zero attached hydrogens (tertiary/aromatic N) is 1. The van der Waals surface area contributed by atoms with Gasteiger partial charge in [0.2, 0.25) is 5.91 Å². The van der Waals surface area contributed by atoms with Gasteiger partial charge in [-0.3, -0.25) is 14.5 Å². The molecule has 0 aromatic heterocycles. The summed E-state index contributed by atoms with van der Waals surface area (Å²) in [7, 11) is 0. The minimum absolute atomic E-state index is 0.0749. The van der Waals surface area contributed by atoms with Gasteiger partial charge in [-0.05, 0) is 50.5 Å². The third-order valence-corrected chi connectivity index (χ3v) is 4.90. The van der Waals surface area contributed by atoms with Crippen molar-refractivity contribution in [1.82, 2.24) is 15.5 Å². The van der Waals surface area contributed by atoms with Gasteiger partial charge in [0.1, 0.15) is 5.75 Å². The Labute approximate surface area is 163 Å². The maximum atomic E-state index is 12.3. The third kappa shape index (κ3) is 6.96. The number of hydrogen-bond donors (Lipinski definition) is 2. The maximum Gasteiger partial charge on any atom is 0.260 e. The van der Waals surface area contributed by atoms with Gasteiger partial charge in [-0.25, -0.2) is 0 Å². The zero-order valence-electron chi connectivity index (χ0n) is 15.5. The van der Waals surface area contributed by atoms with Gasteiger partial charge in [-0.15, -0.1) is 0 Å². The second-order valence-electron chi connectivity index (χ2n) is 6.62. The summed E-state index contributed by atoms with van der Waals surface area (Å²) in [5.74, 6) is 0.640. The number of amides is 2. The highest BCUT2D eigenvalue weighted by atomic mass is 79.9. The molecule has 0 radical (unpaired) electrons. The molecule has 1 aromatic rings. The van der Waals surface area contributed by atoms with Gasteiger partial charge in [-0.2, -0.15) is 0 Å². The zero-order chi connectivity index (χ0) is 18.9. The van der Waals surface area contributed by atoms with Gasteiger partial charge < -0.3 is 15.4 Å². The Morgan fingerprint density at radius 2 is 1.92 bits per heavy atom. The summed E-state index contributed by atoms with van der Waals surface area (Å²) in [6.45, 7) is 6.57. The number of benzene rings is 1. The van der Waals surface area contributed by atoms with Crippen LogP contribution in [0.2, 0.25) is 0 Å². The molecular formula is C19H28BrN3O3. The van der Waals surface area contributed by atoms with Crippen LogP contribution in [-0.4, -0.2) is 55.0 Å². The molecule has 1 aliphatic heterocycles. The van der Waals surface area contributed by atoms with E-state index in [1.165, 1.54) is 0 Å². The van der Waals surface area contributed by atoms with E-state index in [1.54, 1.807) is 6.92 Å². The summed E-state index contributed by atoms with van der Waals surface area (Å²) in [5.41, 5.74) is 0. The topological polar surface area (TPSA) is 70.7 Å². The van der Waals surface area contributed by atoms with Gasteiger partial charge in [0, 0.05) is 30.1 Å². The molecule has 26 heavy (non-hydrogen) atoms. The first-order chi connectivity index (χ1) is 12.5. The number of halogens is 1. The van der Waals surface area contributed by atoms with Crippen LogP contribution in [0.5, 0.6) is 5.75 Å². The molecule has 0 spiro atoms. The lowest BCUT2D eigenvalue weighted by Crippen LogP contribution is -2.49. The number of nitrogens with one attached hydrogen (secondary N) is 2. The van der Waals surface area contributed by atoms with Crippen molar-refractivity contribution in [1.29, 1.82) is 0 Å². The summed E-state index contributed by atoms with van der Waals surface area (Å²) in [6, 6.07) is 7.55. The summed E-state index contributed by atoms with van der Waals surface area (Å²) < 4.78 is 6.66. The Kier molecular flexibility index (Phi) is 8.38. The van der Waals surface area contributed by atoms with Crippen LogP contribution < -0.4 is 15.4 Å². The van der Waals surface area contributed by atoms with Crippen LogP contribution in [-0.2, 0) is 9.59 Å². The van der Waals surface area contributed by atoms with Crippen LogP contribution in [0.1, 0.15) is 33.1 Å². The van der Waals surface area contributed by atoms with Crippen molar-refractivity contribution in [3.05, 3.63) is 28.7 Å². The molecule has 0 aliphatic carbocycles. The number of hydrogen-bond acceptors (Lipinski definition) is 4. The maximum absolute atomic E-state index is 12.3. The van der Waals surface area contributed by atoms with Crippen molar-refractivity contribution in [2.24, 2.45) is 0 Å². The number of likely N-dealkylation sites (tertiary alicyclic amines) is 1. The molecular weight excluding hydrogens is 398 g/mol. The van der Waals surface area contributed by atoms with E-state index in [-0.39, 0.29) is 17.9 Å². The van der Waals surface area contributed by atoms with Crippen molar-refractivity contribution in [2.75, 3.05) is 26.2 Å². The number of carbonyl (C=O) groups is 2. The van der Waals surface area contributed by atoms with Gasteiger partial charge >= 0.3 is 0 Å². The Morgan fingerprint density at radius 3 is 2.54 bits per heavy atom. The van der Waals surface area contributed by atoms with E-state index in [4.69, 9.17) is 4.74 Å². The van der Waals surface area contributed by atoms with Crippen molar-refractivity contribution < 1.29 is 14.3 Å². The van der Waals surface area contributed by atoms with E-state index in [0.29, 0.717) is 12.3 Å². The molecule has 1 unspecified atom stereocenters. The molecule has 1 aliphatic rings. The minimum atomic E-state index is -0.547. The highest BCUT2D eigenvalue weighted by Crippen LogP contribution is 2.17. The lowest BCUT2D eigenvalue weighted by atomic mass is 10.0. The van der Waals surface area contributed by atoms with E-state index < -0.39 is 6.10 Å². The van der Waals surface area contributed by atoms with Crippen molar-refractivity contribution in [2.45, 2.75) is 45.3 Å². The summed E-state index contributed by atoms with van der Waals surface area (Å²) >= 11 is 3.37. The number of rotatable bonds is 8. The summed E-state index contributed by atoms with van der Waals surface area (Å²) in [5, 5.41) is 5.95. The predicted molar refractivity (Wildman–Crippen MR) is 105 cm³/mol. The van der Waals surface area contributed by atoms with Crippen LogP contribution in [0.4, 0.5) is 0 Å². The van der Waals surface area contributed by atoms with Crippen LogP contribution in [0.15, 0.2) is 28.7 Å². The number of ether oxygens (including phenoxy) is 1. The average molecular weight is 426 g/mol. The molecule has 1 aromatic carbocycles. The highest BCUT2D eigenvalue weighted by molar-refractivity contribution is 9.10. The largest absolute Gasteiger partial charge is 0.481 e. The molecule has 2 N–H and O–H groups in total. The van der Waals surface area contributed by atoms with E-state index >= 15 is 0 Å². The monoisotopic (exact) mass is 425 g/mol. The standard InChI is InChI=1S/C19H28BrN3O3/c1-3-10-21-18(24)13-23-11-8-16(9-12-23)22-19(25)14(2)26-17-6-4-15(20)5-7-17/h4-7,14,16H,3,8-13H2,1-2H3,(H,21,24)(H,22,25). The van der Waals surface area contributed by atoms with Gasteiger partial charge in [0.25, 0.3) is 5.91 Å². The Bertz CT molecular complexity index is 586. The Hall–Kier alpha value is -1.60. The van der Waals surface area contributed by atoms with E-state index in [0.717, 1.165) is 43.4 Å².